The number of terminal acetylenes is 1. The summed E-state index contributed by atoms with van der Waals surface area (Å²) in [5.41, 5.74) is 0. The van der Waals surface area contributed by atoms with Crippen LogP contribution in [0.5, 0.6) is 0 Å². The zero-order valence-corrected chi connectivity index (χ0v) is 32.7. The van der Waals surface area contributed by atoms with Crippen LogP contribution < -0.4 is 31.9 Å². The molecule has 0 aliphatic rings. The van der Waals surface area contributed by atoms with Crippen molar-refractivity contribution in [3.05, 3.63) is 0 Å². The Labute approximate surface area is 335 Å². The molecule has 23 nitrogen and oxygen atoms in total. The highest BCUT2D eigenvalue weighted by Crippen LogP contribution is 2.08. The van der Waals surface area contributed by atoms with Crippen molar-refractivity contribution in [2.24, 2.45) is 5.92 Å². The van der Waals surface area contributed by atoms with E-state index in [-0.39, 0.29) is 72.4 Å². The number of rotatable bonds is 34. The van der Waals surface area contributed by atoms with E-state index in [9.17, 15) is 58.5 Å². The van der Waals surface area contributed by atoms with Crippen molar-refractivity contribution in [3.8, 4) is 12.3 Å². The van der Waals surface area contributed by atoms with Crippen LogP contribution in [0.25, 0.3) is 0 Å². The number of aliphatic carboxylic acids is 4. The van der Waals surface area contributed by atoms with Crippen LogP contribution in [0.2, 0.25) is 0 Å². The number of carbonyl (C=O) groups is 9. The Hall–Kier alpha value is -5.41. The van der Waals surface area contributed by atoms with Gasteiger partial charge in [-0.1, -0.05) is 19.8 Å². The zero-order chi connectivity index (χ0) is 44.0. The third kappa shape index (κ3) is 25.7. The first-order chi connectivity index (χ1) is 27.4. The number of carboxylic acid groups (broad SMARTS) is 4. The normalized spacial score (nSPS) is 13.4. The predicted molar refractivity (Wildman–Crippen MR) is 199 cm³/mol. The highest BCUT2D eigenvalue weighted by Gasteiger charge is 2.34. The van der Waals surface area contributed by atoms with Gasteiger partial charge in [-0.05, 0) is 19.3 Å². The Bertz CT molecular complexity index is 1410. The van der Waals surface area contributed by atoms with Crippen LogP contribution in [0.3, 0.4) is 0 Å². The molecule has 0 spiro atoms. The van der Waals surface area contributed by atoms with Crippen LogP contribution in [-0.2, 0) is 62.1 Å². The molecule has 0 aliphatic heterocycles. The molecule has 5 atom stereocenters. The van der Waals surface area contributed by atoms with E-state index in [0.29, 0.717) is 0 Å². The molecular weight excluding hydrogens is 776 g/mol. The maximum absolute atomic E-state index is 13.4. The van der Waals surface area contributed by atoms with Crippen LogP contribution >= 0.6 is 0 Å². The van der Waals surface area contributed by atoms with Crippen LogP contribution in [0.1, 0.15) is 52.9 Å². The topological polar surface area (TPSA) is 344 Å². The van der Waals surface area contributed by atoms with Gasteiger partial charge in [-0.3, -0.25) is 48.5 Å². The van der Waals surface area contributed by atoms with E-state index in [1.165, 1.54) is 20.8 Å². The van der Waals surface area contributed by atoms with Crippen molar-refractivity contribution in [1.82, 2.24) is 31.9 Å². The van der Waals surface area contributed by atoms with E-state index < -0.39 is 115 Å². The van der Waals surface area contributed by atoms with Gasteiger partial charge in [0.15, 0.2) is 0 Å². The summed E-state index contributed by atoms with van der Waals surface area (Å²) in [6.45, 7) is 5.89. The molecule has 0 saturated carbocycles. The molecule has 5 amide bonds. The molecule has 3 unspecified atom stereocenters. The van der Waals surface area contributed by atoms with Crippen molar-refractivity contribution in [2.75, 3.05) is 65.9 Å². The number of hydrogen-bond donors (Lipinski definition) is 10. The molecule has 0 radical (unpaired) electrons. The Morgan fingerprint density at radius 3 is 1.50 bits per heavy atom. The molecular formula is C35H56N6O17. The van der Waals surface area contributed by atoms with Gasteiger partial charge in [-0.25, -0.2) is 0 Å². The first kappa shape index (κ1) is 52.6. The van der Waals surface area contributed by atoms with Gasteiger partial charge in [0.25, 0.3) is 0 Å². The van der Waals surface area contributed by atoms with Crippen LogP contribution in [0, 0.1) is 18.3 Å². The first-order valence-electron chi connectivity index (χ1n) is 18.2. The molecule has 0 fully saturated rings. The summed E-state index contributed by atoms with van der Waals surface area (Å²) in [5, 5.41) is 50.6. The monoisotopic (exact) mass is 832 g/mol. The van der Waals surface area contributed by atoms with E-state index in [4.69, 9.17) is 30.5 Å². The second kappa shape index (κ2) is 30.7. The molecule has 0 aromatic rings. The van der Waals surface area contributed by atoms with E-state index in [1.807, 2.05) is 0 Å². The lowest BCUT2D eigenvalue weighted by Gasteiger charge is -2.28. The number of nitrogens with one attached hydrogen (secondary N) is 6. The highest BCUT2D eigenvalue weighted by atomic mass is 16.6. The second-order valence-corrected chi connectivity index (χ2v) is 12.7. The van der Waals surface area contributed by atoms with Gasteiger partial charge in [0.1, 0.15) is 24.2 Å². The Morgan fingerprint density at radius 2 is 1.00 bits per heavy atom. The Morgan fingerprint density at radius 1 is 0.534 bits per heavy atom. The fourth-order valence-electron chi connectivity index (χ4n) is 4.56. The molecule has 328 valence electrons. The van der Waals surface area contributed by atoms with Gasteiger partial charge < -0.3 is 66.0 Å². The summed E-state index contributed by atoms with van der Waals surface area (Å²) in [6, 6.07) is -7.32. The summed E-state index contributed by atoms with van der Waals surface area (Å²) in [7, 11) is 0. The van der Waals surface area contributed by atoms with Crippen molar-refractivity contribution in [2.45, 2.75) is 83.1 Å². The summed E-state index contributed by atoms with van der Waals surface area (Å²) in [4.78, 5) is 110. The lowest BCUT2D eigenvalue weighted by molar-refractivity contribution is -0.142. The highest BCUT2D eigenvalue weighted by molar-refractivity contribution is 5.97. The minimum Gasteiger partial charge on any atom is -0.481 e. The van der Waals surface area contributed by atoms with Gasteiger partial charge >= 0.3 is 23.9 Å². The number of amides is 5. The van der Waals surface area contributed by atoms with E-state index in [0.717, 1.165) is 0 Å². The predicted octanol–water partition coefficient (Wildman–Crippen LogP) is -3.34. The number of ether oxygens (including phenoxy) is 4. The van der Waals surface area contributed by atoms with Gasteiger partial charge in [-0.15, -0.1) is 6.42 Å². The van der Waals surface area contributed by atoms with Crippen LogP contribution in [0.15, 0.2) is 0 Å². The molecule has 23 heteroatoms. The summed E-state index contributed by atoms with van der Waals surface area (Å²) in [5.74, 6) is -8.38. The van der Waals surface area contributed by atoms with E-state index >= 15 is 0 Å². The molecule has 0 aromatic carbocycles. The van der Waals surface area contributed by atoms with Crippen molar-refractivity contribution in [1.29, 1.82) is 0 Å². The smallest absolute Gasteiger partial charge is 0.305 e. The molecule has 10 N–H and O–H groups in total. The standard InChI is InChI=1S/C35H56N6O17/c1-5-9-36-24(19-28(46)47)33(52)39-23(6-7-26(42)43)32(51)41-30(21(2)3)35(54)40-25(20-29(48)49)34(53)38-22(4)31(50)37-10-12-56-14-16-58-18-17-57-15-13-55-11-8-27(44)45/h1,21-25,30,36H,6-20H2,2-4H3,(H,37,50)(H,38,53)(H,39,52)(H,40,54)(H,41,51)(H,42,43)(H,44,45)(H,46,47)(H,48,49)/t22-,23?,24-,25?,30?/m0/s1. The summed E-state index contributed by atoms with van der Waals surface area (Å²) < 4.78 is 21.1. The van der Waals surface area contributed by atoms with E-state index in [2.05, 4.69) is 37.8 Å². The Kier molecular flexibility index (Phi) is 27.8. The van der Waals surface area contributed by atoms with Crippen molar-refractivity contribution < 1.29 is 82.5 Å². The fraction of sp³-hybridized carbons (Fsp3) is 0.686. The largest absolute Gasteiger partial charge is 0.481 e. The molecule has 0 aliphatic carbocycles. The van der Waals surface area contributed by atoms with Crippen molar-refractivity contribution >= 4 is 53.4 Å². The third-order valence-electron chi connectivity index (χ3n) is 7.56. The second-order valence-electron chi connectivity index (χ2n) is 12.7. The van der Waals surface area contributed by atoms with E-state index in [1.54, 1.807) is 0 Å². The average Bonchev–Trinajstić information content (AvgIpc) is 3.13. The molecule has 0 rings (SSSR count). The minimum atomic E-state index is -1.72. The van der Waals surface area contributed by atoms with Gasteiger partial charge in [0, 0.05) is 13.0 Å². The molecule has 58 heavy (non-hydrogen) atoms. The number of carboxylic acids is 4. The maximum Gasteiger partial charge on any atom is 0.305 e. The summed E-state index contributed by atoms with van der Waals surface area (Å²) in [6.07, 6.45) is 2.37. The average molecular weight is 833 g/mol. The lowest BCUT2D eigenvalue weighted by atomic mass is 10.0. The van der Waals surface area contributed by atoms with Crippen molar-refractivity contribution in [3.63, 3.8) is 0 Å². The first-order valence-corrected chi connectivity index (χ1v) is 18.2. The van der Waals surface area contributed by atoms with Crippen LogP contribution in [-0.4, -0.2) is 170 Å². The number of hydrogen-bond acceptors (Lipinski definition) is 14. The number of carbonyl (C=O) groups excluding carboxylic acids is 5. The zero-order valence-electron chi connectivity index (χ0n) is 32.7. The maximum atomic E-state index is 13.4. The molecule has 0 aromatic heterocycles. The minimum absolute atomic E-state index is 0.0463. The molecule has 0 heterocycles. The molecule has 0 saturated heterocycles. The molecule has 0 bridgehead atoms. The Balaban J connectivity index is 5.14. The van der Waals surface area contributed by atoms with Gasteiger partial charge in [0.2, 0.25) is 29.5 Å². The summed E-state index contributed by atoms with van der Waals surface area (Å²) >= 11 is 0. The SMILES string of the molecule is C#CCN[C@@H](CC(=O)O)C(=O)NC(CCC(=O)O)C(=O)NC(C(=O)NC(CC(=O)O)C(=O)N[C@@H](C)C(=O)NCCOCCOCCOCCOCCC(=O)O)C(C)C. The quantitative estimate of drug-likeness (QED) is 0.0224. The van der Waals surface area contributed by atoms with Gasteiger partial charge in [-0.2, -0.15) is 0 Å². The van der Waals surface area contributed by atoms with Gasteiger partial charge in [0.05, 0.1) is 84.7 Å². The fourth-order valence-corrected chi connectivity index (χ4v) is 4.56. The third-order valence-corrected chi connectivity index (χ3v) is 7.56. The lowest BCUT2D eigenvalue weighted by Crippen LogP contribution is -2.60. The van der Waals surface area contributed by atoms with Crippen LogP contribution in [0.4, 0.5) is 0 Å².